The van der Waals surface area contributed by atoms with Crippen molar-refractivity contribution in [3.8, 4) is 5.75 Å². The average molecular weight is 391 g/mol. The quantitative estimate of drug-likeness (QED) is 0.738. The molecule has 0 saturated heterocycles. The van der Waals surface area contributed by atoms with E-state index in [9.17, 15) is 18.3 Å². The molecule has 1 heterocycles. The normalized spacial score (nSPS) is 11.3. The molecule has 21 heavy (non-hydrogen) atoms. The number of aromatic hydroxyl groups is 1. The SMILES string of the molecule is NS(=O)(=O)c1ccc(CNC(=O)c2ccc(Br)c(O)c2)s1. The zero-order valence-electron chi connectivity index (χ0n) is 10.5. The van der Waals surface area contributed by atoms with Crippen molar-refractivity contribution in [1.29, 1.82) is 0 Å². The topological polar surface area (TPSA) is 109 Å². The number of phenolic OH excluding ortho intramolecular Hbond substituents is 1. The van der Waals surface area contributed by atoms with Crippen LogP contribution in [0.25, 0.3) is 0 Å². The van der Waals surface area contributed by atoms with Crippen LogP contribution >= 0.6 is 27.3 Å². The lowest BCUT2D eigenvalue weighted by Gasteiger charge is -2.05. The monoisotopic (exact) mass is 390 g/mol. The number of carbonyl (C=O) groups is 1. The Morgan fingerprint density at radius 1 is 1.33 bits per heavy atom. The number of rotatable bonds is 4. The average Bonchev–Trinajstić information content (AvgIpc) is 2.88. The Hall–Kier alpha value is -1.42. The zero-order chi connectivity index (χ0) is 15.6. The van der Waals surface area contributed by atoms with Gasteiger partial charge in [0, 0.05) is 10.4 Å². The Balaban J connectivity index is 2.04. The van der Waals surface area contributed by atoms with Gasteiger partial charge in [-0.1, -0.05) is 0 Å². The van der Waals surface area contributed by atoms with E-state index in [1.807, 2.05) is 0 Å². The molecule has 9 heteroatoms. The van der Waals surface area contributed by atoms with Crippen LogP contribution in [0.2, 0.25) is 0 Å². The fourth-order valence-corrected chi connectivity index (χ4v) is 3.49. The van der Waals surface area contributed by atoms with E-state index in [2.05, 4.69) is 21.2 Å². The molecule has 0 atom stereocenters. The number of hydrogen-bond acceptors (Lipinski definition) is 5. The van der Waals surface area contributed by atoms with Gasteiger partial charge in [-0.15, -0.1) is 11.3 Å². The van der Waals surface area contributed by atoms with Crippen LogP contribution in [0.3, 0.4) is 0 Å². The van der Waals surface area contributed by atoms with Crippen molar-refractivity contribution in [2.45, 2.75) is 10.8 Å². The van der Waals surface area contributed by atoms with Crippen LogP contribution < -0.4 is 10.5 Å². The van der Waals surface area contributed by atoms with Gasteiger partial charge in [0.25, 0.3) is 5.91 Å². The number of halogens is 1. The summed E-state index contributed by atoms with van der Waals surface area (Å²) < 4.78 is 22.8. The molecular weight excluding hydrogens is 380 g/mol. The molecular formula is C12H11BrN2O4S2. The van der Waals surface area contributed by atoms with Crippen LogP contribution in [0.4, 0.5) is 0 Å². The Morgan fingerprint density at radius 3 is 2.62 bits per heavy atom. The molecule has 0 bridgehead atoms. The zero-order valence-corrected chi connectivity index (χ0v) is 13.8. The second-order valence-corrected chi connectivity index (χ2v) is 7.93. The van der Waals surface area contributed by atoms with Gasteiger partial charge in [0.15, 0.2) is 0 Å². The minimum absolute atomic E-state index is 0.0321. The van der Waals surface area contributed by atoms with Crippen LogP contribution in [0.15, 0.2) is 39.0 Å². The van der Waals surface area contributed by atoms with E-state index < -0.39 is 10.0 Å². The number of carbonyl (C=O) groups excluding carboxylic acids is 1. The number of hydrogen-bond donors (Lipinski definition) is 3. The molecule has 0 radical (unpaired) electrons. The highest BCUT2D eigenvalue weighted by Crippen LogP contribution is 2.24. The highest BCUT2D eigenvalue weighted by atomic mass is 79.9. The van der Waals surface area contributed by atoms with Crippen LogP contribution in [-0.4, -0.2) is 19.4 Å². The molecule has 0 saturated carbocycles. The molecule has 0 unspecified atom stereocenters. The molecule has 2 aromatic rings. The van der Waals surface area contributed by atoms with Crippen molar-refractivity contribution in [2.24, 2.45) is 5.14 Å². The molecule has 0 aliphatic heterocycles. The van der Waals surface area contributed by atoms with Gasteiger partial charge in [0.2, 0.25) is 10.0 Å². The van der Waals surface area contributed by atoms with E-state index in [-0.39, 0.29) is 22.4 Å². The summed E-state index contributed by atoms with van der Waals surface area (Å²) >= 11 is 4.12. The fraction of sp³-hybridized carbons (Fsp3) is 0.0833. The van der Waals surface area contributed by atoms with E-state index in [0.29, 0.717) is 14.9 Å². The lowest BCUT2D eigenvalue weighted by molar-refractivity contribution is 0.0951. The van der Waals surface area contributed by atoms with Crippen LogP contribution in [0.1, 0.15) is 15.2 Å². The summed E-state index contributed by atoms with van der Waals surface area (Å²) in [6.07, 6.45) is 0. The third-order valence-electron chi connectivity index (χ3n) is 2.55. The van der Waals surface area contributed by atoms with Crippen LogP contribution in [0, 0.1) is 0 Å². The molecule has 112 valence electrons. The molecule has 1 aromatic carbocycles. The molecule has 0 spiro atoms. The van der Waals surface area contributed by atoms with E-state index in [1.165, 1.54) is 12.1 Å². The summed E-state index contributed by atoms with van der Waals surface area (Å²) in [5.74, 6) is -0.404. The van der Waals surface area contributed by atoms with E-state index in [4.69, 9.17) is 5.14 Å². The van der Waals surface area contributed by atoms with E-state index in [1.54, 1.807) is 18.2 Å². The lowest BCUT2D eigenvalue weighted by atomic mass is 10.2. The van der Waals surface area contributed by atoms with Crippen LogP contribution in [0.5, 0.6) is 5.75 Å². The first kappa shape index (κ1) is 16.0. The lowest BCUT2D eigenvalue weighted by Crippen LogP contribution is -2.22. The standard InChI is InChI=1S/C12H11BrN2O4S2/c13-9-3-1-7(5-10(9)16)12(17)15-6-8-2-4-11(20-8)21(14,18)19/h1-5,16H,6H2,(H,15,17)(H2,14,18,19). The highest BCUT2D eigenvalue weighted by Gasteiger charge is 2.12. The number of primary sulfonamides is 1. The van der Waals surface area contributed by atoms with Gasteiger partial charge in [-0.05, 0) is 46.3 Å². The molecule has 0 aliphatic carbocycles. The number of sulfonamides is 1. The minimum Gasteiger partial charge on any atom is -0.507 e. The number of benzene rings is 1. The maximum atomic E-state index is 11.9. The van der Waals surface area contributed by atoms with E-state index in [0.717, 1.165) is 11.3 Å². The largest absolute Gasteiger partial charge is 0.507 e. The summed E-state index contributed by atoms with van der Waals surface area (Å²) in [7, 11) is -3.72. The summed E-state index contributed by atoms with van der Waals surface area (Å²) in [5.41, 5.74) is 0.305. The first-order chi connectivity index (χ1) is 9.77. The Labute approximate surface area is 133 Å². The summed E-state index contributed by atoms with van der Waals surface area (Å²) in [6, 6.07) is 7.44. The number of amides is 1. The number of nitrogens with two attached hydrogens (primary N) is 1. The summed E-state index contributed by atoms with van der Waals surface area (Å²) in [6.45, 7) is 0.176. The van der Waals surface area contributed by atoms with Gasteiger partial charge in [0.05, 0.1) is 11.0 Å². The van der Waals surface area contributed by atoms with Crippen molar-refractivity contribution < 1.29 is 18.3 Å². The van der Waals surface area contributed by atoms with Gasteiger partial charge >= 0.3 is 0 Å². The van der Waals surface area contributed by atoms with Gasteiger partial charge in [0.1, 0.15) is 9.96 Å². The van der Waals surface area contributed by atoms with E-state index >= 15 is 0 Å². The van der Waals surface area contributed by atoms with Gasteiger partial charge in [-0.25, -0.2) is 13.6 Å². The Kier molecular flexibility index (Phi) is 4.67. The van der Waals surface area contributed by atoms with Crippen LogP contribution in [-0.2, 0) is 16.6 Å². The molecule has 1 amide bonds. The fourth-order valence-electron chi connectivity index (χ4n) is 1.53. The number of phenols is 1. The second-order valence-electron chi connectivity index (χ2n) is 4.11. The Morgan fingerprint density at radius 2 is 2.05 bits per heavy atom. The summed E-state index contributed by atoms with van der Waals surface area (Å²) in [5, 5.41) is 17.2. The van der Waals surface area contributed by atoms with Crippen molar-refractivity contribution in [1.82, 2.24) is 5.32 Å². The maximum Gasteiger partial charge on any atom is 0.251 e. The Bertz CT molecular complexity index is 786. The first-order valence-corrected chi connectivity index (χ1v) is 8.81. The highest BCUT2D eigenvalue weighted by molar-refractivity contribution is 9.10. The molecule has 0 fully saturated rings. The first-order valence-electron chi connectivity index (χ1n) is 5.65. The third kappa shape index (κ3) is 4.03. The third-order valence-corrected chi connectivity index (χ3v) is 5.74. The van der Waals surface area contributed by atoms with Crippen molar-refractivity contribution in [2.75, 3.05) is 0 Å². The van der Waals surface area contributed by atoms with Gasteiger partial charge in [-0.3, -0.25) is 4.79 Å². The number of nitrogens with one attached hydrogen (secondary N) is 1. The second kappa shape index (κ2) is 6.14. The molecule has 4 N–H and O–H groups in total. The smallest absolute Gasteiger partial charge is 0.251 e. The van der Waals surface area contributed by atoms with Crippen molar-refractivity contribution in [3.05, 3.63) is 45.2 Å². The maximum absolute atomic E-state index is 11.9. The minimum atomic E-state index is -3.72. The van der Waals surface area contributed by atoms with Gasteiger partial charge in [-0.2, -0.15) is 0 Å². The van der Waals surface area contributed by atoms with Crippen molar-refractivity contribution in [3.63, 3.8) is 0 Å². The predicted molar refractivity (Wildman–Crippen MR) is 82.7 cm³/mol. The van der Waals surface area contributed by atoms with Crippen molar-refractivity contribution >= 4 is 43.2 Å². The molecule has 0 aliphatic rings. The summed E-state index contributed by atoms with van der Waals surface area (Å²) in [4.78, 5) is 12.6. The molecule has 2 rings (SSSR count). The molecule has 6 nitrogen and oxygen atoms in total. The number of thiophene rings is 1. The predicted octanol–water partition coefficient (Wildman–Crippen LogP) is 1.79. The molecule has 1 aromatic heterocycles. The van der Waals surface area contributed by atoms with Gasteiger partial charge < -0.3 is 10.4 Å².